The summed E-state index contributed by atoms with van der Waals surface area (Å²) >= 11 is 0. The lowest BCUT2D eigenvalue weighted by molar-refractivity contribution is -0.142. The maximum Gasteiger partial charge on any atom is 0.433 e. The molecule has 2 rings (SSSR count). The number of H-pyrrole nitrogens is 1. The number of amides is 1. The average molecular weight is 274 g/mol. The predicted octanol–water partition coefficient (Wildman–Crippen LogP) is 1.14. The van der Waals surface area contributed by atoms with Crippen LogP contribution in [0.4, 0.5) is 13.2 Å². The van der Waals surface area contributed by atoms with Gasteiger partial charge in [-0.3, -0.25) is 9.89 Å². The normalized spacial score (nSPS) is 18.1. The minimum atomic E-state index is -4.56. The molecule has 1 aromatic heterocycles. The Labute approximate surface area is 107 Å². The number of rotatable bonds is 1. The molecule has 8 heteroatoms. The summed E-state index contributed by atoms with van der Waals surface area (Å²) in [6.45, 7) is 3.52. The minimum Gasteiger partial charge on any atom is -0.389 e. The number of nitrogens with two attached hydrogens (primary N) is 1. The van der Waals surface area contributed by atoms with Crippen molar-refractivity contribution in [3.63, 3.8) is 0 Å². The summed E-state index contributed by atoms with van der Waals surface area (Å²) in [5, 5.41) is 8.40. The fourth-order valence-electron chi connectivity index (χ4n) is 2.15. The monoisotopic (exact) mass is 274 g/mol. The molecule has 0 aromatic carbocycles. The molecule has 1 aliphatic rings. The van der Waals surface area contributed by atoms with Gasteiger partial charge in [0, 0.05) is 23.7 Å². The molecular formula is C11H13F3N4O. The van der Waals surface area contributed by atoms with Crippen molar-refractivity contribution in [1.29, 1.82) is 0 Å². The summed E-state index contributed by atoms with van der Waals surface area (Å²) in [5.74, 6) is -0.827. The summed E-state index contributed by atoms with van der Waals surface area (Å²) in [6.07, 6.45) is -3.26. The predicted molar refractivity (Wildman–Crippen MR) is 61.8 cm³/mol. The first-order chi connectivity index (χ1) is 8.64. The van der Waals surface area contributed by atoms with Gasteiger partial charge in [-0.2, -0.15) is 18.3 Å². The van der Waals surface area contributed by atoms with Crippen LogP contribution in [0.2, 0.25) is 0 Å². The highest BCUT2D eigenvalue weighted by atomic mass is 19.4. The number of aromatic nitrogens is 2. The summed E-state index contributed by atoms with van der Waals surface area (Å²) in [5.41, 5.74) is 3.23. The van der Waals surface area contributed by atoms with Gasteiger partial charge < -0.3 is 11.1 Å². The Kier molecular flexibility index (Phi) is 2.83. The summed E-state index contributed by atoms with van der Waals surface area (Å²) < 4.78 is 39.0. The third-order valence-corrected chi connectivity index (χ3v) is 3.04. The molecule has 0 bridgehead atoms. The number of hydrogen-bond donors (Lipinski definition) is 3. The van der Waals surface area contributed by atoms with Gasteiger partial charge in [-0.1, -0.05) is 13.8 Å². The summed E-state index contributed by atoms with van der Waals surface area (Å²) in [6, 6.07) is 0. The van der Waals surface area contributed by atoms with Crippen LogP contribution >= 0.6 is 0 Å². The average Bonchev–Trinajstić information content (AvgIpc) is 2.63. The zero-order valence-corrected chi connectivity index (χ0v) is 10.4. The molecule has 0 atom stereocenters. The molecule has 1 aromatic rings. The third kappa shape index (κ3) is 2.18. The molecule has 0 radical (unpaired) electrons. The topological polar surface area (TPSA) is 83.8 Å². The number of alkyl halides is 3. The fraction of sp³-hybridized carbons (Fsp3) is 0.455. The van der Waals surface area contributed by atoms with Crippen LogP contribution in [-0.2, 0) is 16.4 Å². The van der Waals surface area contributed by atoms with Gasteiger partial charge in [0.25, 0.3) is 5.91 Å². The van der Waals surface area contributed by atoms with Crippen molar-refractivity contribution in [3.8, 4) is 0 Å². The largest absolute Gasteiger partial charge is 0.433 e. The maximum absolute atomic E-state index is 13.0. The molecule has 5 nitrogen and oxygen atoms in total. The lowest BCUT2D eigenvalue weighted by Crippen LogP contribution is -2.31. The molecule has 0 unspecified atom stereocenters. The van der Waals surface area contributed by atoms with Crippen molar-refractivity contribution in [1.82, 2.24) is 15.5 Å². The quantitative estimate of drug-likeness (QED) is 0.718. The van der Waals surface area contributed by atoms with Crippen LogP contribution in [0.1, 0.15) is 30.8 Å². The fourth-order valence-corrected chi connectivity index (χ4v) is 2.15. The van der Waals surface area contributed by atoms with Gasteiger partial charge >= 0.3 is 6.18 Å². The molecular weight excluding hydrogens is 261 g/mol. The molecule has 1 aliphatic heterocycles. The van der Waals surface area contributed by atoms with Crippen LogP contribution in [0.3, 0.4) is 0 Å². The number of nitrogens with zero attached hydrogens (tertiary/aromatic N) is 1. The van der Waals surface area contributed by atoms with Crippen LogP contribution in [0.15, 0.2) is 6.20 Å². The van der Waals surface area contributed by atoms with Gasteiger partial charge in [-0.05, 0) is 0 Å². The lowest BCUT2D eigenvalue weighted by Gasteiger charge is -2.25. The van der Waals surface area contributed by atoms with Crippen molar-refractivity contribution in [2.45, 2.75) is 25.4 Å². The Bertz CT molecular complexity index is 557. The molecule has 0 saturated carbocycles. The Morgan fingerprint density at radius 3 is 2.63 bits per heavy atom. The molecule has 4 N–H and O–H groups in total. The number of primary amides is 1. The Balaban J connectivity index is 2.72. The Morgan fingerprint density at radius 1 is 1.47 bits per heavy atom. The van der Waals surface area contributed by atoms with E-state index in [1.54, 1.807) is 13.8 Å². The van der Waals surface area contributed by atoms with E-state index in [0.717, 1.165) is 0 Å². The minimum absolute atomic E-state index is 0.0462. The molecule has 19 heavy (non-hydrogen) atoms. The van der Waals surface area contributed by atoms with Crippen molar-refractivity contribution in [2.24, 2.45) is 5.73 Å². The molecule has 2 heterocycles. The second kappa shape index (κ2) is 4.01. The van der Waals surface area contributed by atoms with Gasteiger partial charge in [0.2, 0.25) is 0 Å². The van der Waals surface area contributed by atoms with E-state index in [9.17, 15) is 18.0 Å². The number of hydrogen-bond acceptors (Lipinski definition) is 3. The van der Waals surface area contributed by atoms with Crippen LogP contribution in [0.5, 0.6) is 0 Å². The van der Waals surface area contributed by atoms with E-state index in [4.69, 9.17) is 5.73 Å². The van der Waals surface area contributed by atoms with E-state index in [1.165, 1.54) is 6.20 Å². The van der Waals surface area contributed by atoms with E-state index in [0.29, 0.717) is 0 Å². The molecule has 0 aliphatic carbocycles. The van der Waals surface area contributed by atoms with E-state index in [-0.39, 0.29) is 23.4 Å². The third-order valence-electron chi connectivity index (χ3n) is 3.04. The number of carbonyl (C=O) groups is 1. The standard InChI is InChI=1S/C11H13F3N4O/c1-10(2)4-16-3-5(9(15)19)7-6(10)8(18-17-7)11(12,13)14/h3,16H,4H2,1-2H3,(H2,15,19)(H,17,18). The molecule has 0 fully saturated rings. The summed E-state index contributed by atoms with van der Waals surface area (Å²) in [4.78, 5) is 11.3. The van der Waals surface area contributed by atoms with E-state index >= 15 is 0 Å². The van der Waals surface area contributed by atoms with Gasteiger partial charge in [0.1, 0.15) is 11.4 Å². The lowest BCUT2D eigenvalue weighted by atomic mass is 9.82. The number of fused-ring (bicyclic) bond motifs is 1. The number of nitrogens with one attached hydrogen (secondary N) is 2. The zero-order chi connectivity index (χ0) is 14.4. The smallest absolute Gasteiger partial charge is 0.389 e. The van der Waals surface area contributed by atoms with Crippen molar-refractivity contribution >= 4 is 11.5 Å². The highest BCUT2D eigenvalue weighted by Crippen LogP contribution is 2.40. The number of aromatic amines is 1. The van der Waals surface area contributed by atoms with Gasteiger partial charge in [0.15, 0.2) is 0 Å². The Hall–Kier alpha value is -1.99. The Morgan fingerprint density at radius 2 is 2.11 bits per heavy atom. The highest BCUT2D eigenvalue weighted by molar-refractivity contribution is 6.18. The molecule has 0 spiro atoms. The molecule has 104 valence electrons. The first-order valence-corrected chi connectivity index (χ1v) is 5.54. The van der Waals surface area contributed by atoms with Crippen molar-refractivity contribution < 1.29 is 18.0 Å². The van der Waals surface area contributed by atoms with E-state index < -0.39 is 23.2 Å². The molecule has 0 saturated heterocycles. The van der Waals surface area contributed by atoms with Crippen LogP contribution < -0.4 is 11.1 Å². The first-order valence-electron chi connectivity index (χ1n) is 5.54. The van der Waals surface area contributed by atoms with E-state index in [1.807, 2.05) is 5.10 Å². The van der Waals surface area contributed by atoms with Crippen molar-refractivity contribution in [2.75, 3.05) is 6.54 Å². The molecule has 1 amide bonds. The highest BCUT2D eigenvalue weighted by Gasteiger charge is 2.43. The second-order valence-electron chi connectivity index (χ2n) is 5.01. The SMILES string of the molecule is CC1(C)CNC=C(C(N)=O)c2n[nH]c(C(F)(F)F)c21. The van der Waals surface area contributed by atoms with Crippen LogP contribution in [-0.4, -0.2) is 22.6 Å². The van der Waals surface area contributed by atoms with E-state index in [2.05, 4.69) is 10.4 Å². The number of halogens is 3. The zero-order valence-electron chi connectivity index (χ0n) is 10.4. The van der Waals surface area contributed by atoms with Gasteiger partial charge in [0.05, 0.1) is 5.57 Å². The maximum atomic E-state index is 13.0. The van der Waals surface area contributed by atoms with Crippen LogP contribution in [0, 0.1) is 0 Å². The summed E-state index contributed by atoms with van der Waals surface area (Å²) in [7, 11) is 0. The second-order valence-corrected chi connectivity index (χ2v) is 5.01. The van der Waals surface area contributed by atoms with Crippen LogP contribution in [0.25, 0.3) is 5.57 Å². The first kappa shape index (κ1) is 13.4. The number of carbonyl (C=O) groups excluding carboxylic acids is 1. The van der Waals surface area contributed by atoms with Crippen molar-refractivity contribution in [3.05, 3.63) is 23.2 Å². The van der Waals surface area contributed by atoms with Gasteiger partial charge in [-0.25, -0.2) is 0 Å². The van der Waals surface area contributed by atoms with Gasteiger partial charge in [-0.15, -0.1) is 0 Å².